The lowest BCUT2D eigenvalue weighted by molar-refractivity contribution is 0.101. The van der Waals surface area contributed by atoms with E-state index in [4.69, 9.17) is 10.3 Å². The van der Waals surface area contributed by atoms with Gasteiger partial charge in [-0.1, -0.05) is 5.16 Å². The smallest absolute Gasteiger partial charge is 0.277 e. The fourth-order valence-corrected chi connectivity index (χ4v) is 1.76. The van der Waals surface area contributed by atoms with Crippen LogP contribution in [-0.4, -0.2) is 16.0 Å². The Labute approximate surface area is 95.5 Å². The van der Waals surface area contributed by atoms with Crippen molar-refractivity contribution in [2.45, 2.75) is 13.5 Å². The molecule has 0 saturated heterocycles. The highest BCUT2D eigenvalue weighted by atomic mass is 32.1. The van der Waals surface area contributed by atoms with E-state index in [1.54, 1.807) is 18.4 Å². The molecule has 0 aromatic carbocycles. The minimum atomic E-state index is -0.327. The SMILES string of the molecule is Cc1cc(NC(=O)c2csc(CN)n2)on1. The van der Waals surface area contributed by atoms with E-state index in [0.717, 1.165) is 5.01 Å². The number of anilines is 1. The maximum atomic E-state index is 11.7. The standard InChI is InChI=1S/C9H10N4O2S/c1-5-2-7(15-13-5)12-9(14)6-4-16-8(3-10)11-6/h2,4H,3,10H2,1H3,(H,12,14). The van der Waals surface area contributed by atoms with Crippen LogP contribution < -0.4 is 11.1 Å². The van der Waals surface area contributed by atoms with Gasteiger partial charge in [0.05, 0.1) is 5.69 Å². The molecule has 0 radical (unpaired) electrons. The number of hydrogen-bond donors (Lipinski definition) is 2. The number of rotatable bonds is 3. The van der Waals surface area contributed by atoms with Crippen LogP contribution in [0.1, 0.15) is 21.2 Å². The molecule has 1 amide bonds. The molecule has 3 N–H and O–H groups in total. The first-order valence-corrected chi connectivity index (χ1v) is 5.46. The molecule has 7 heteroatoms. The Morgan fingerprint density at radius 2 is 2.50 bits per heavy atom. The number of nitrogens with zero attached hydrogens (tertiary/aromatic N) is 2. The number of thiazole rings is 1. The summed E-state index contributed by atoms with van der Waals surface area (Å²) >= 11 is 1.35. The molecule has 2 aromatic rings. The molecule has 84 valence electrons. The lowest BCUT2D eigenvalue weighted by atomic mass is 10.4. The molecule has 2 heterocycles. The molecule has 16 heavy (non-hydrogen) atoms. The third kappa shape index (κ3) is 2.26. The fraction of sp³-hybridized carbons (Fsp3) is 0.222. The highest BCUT2D eigenvalue weighted by Crippen LogP contribution is 2.13. The summed E-state index contributed by atoms with van der Waals surface area (Å²) in [6, 6.07) is 1.63. The van der Waals surface area contributed by atoms with Crippen LogP contribution in [0.2, 0.25) is 0 Å². The van der Waals surface area contributed by atoms with Gasteiger partial charge in [0, 0.05) is 18.0 Å². The largest absolute Gasteiger partial charge is 0.338 e. The summed E-state index contributed by atoms with van der Waals surface area (Å²) in [5.41, 5.74) is 6.44. The number of aromatic nitrogens is 2. The average Bonchev–Trinajstić information content (AvgIpc) is 2.87. The summed E-state index contributed by atoms with van der Waals surface area (Å²) in [5, 5.41) is 8.58. The average molecular weight is 238 g/mol. The van der Waals surface area contributed by atoms with Gasteiger partial charge in [0.15, 0.2) is 0 Å². The van der Waals surface area contributed by atoms with Crippen LogP contribution >= 0.6 is 11.3 Å². The van der Waals surface area contributed by atoms with Crippen LogP contribution in [0.3, 0.4) is 0 Å². The van der Waals surface area contributed by atoms with Gasteiger partial charge in [-0.05, 0) is 6.92 Å². The summed E-state index contributed by atoms with van der Waals surface area (Å²) in [5.74, 6) is -0.0168. The predicted molar refractivity (Wildman–Crippen MR) is 59.2 cm³/mol. The van der Waals surface area contributed by atoms with Crippen LogP contribution in [0.4, 0.5) is 5.88 Å². The minimum Gasteiger partial charge on any atom is -0.338 e. The van der Waals surface area contributed by atoms with Gasteiger partial charge in [0.25, 0.3) is 5.91 Å². The summed E-state index contributed by atoms with van der Waals surface area (Å²) < 4.78 is 4.86. The Morgan fingerprint density at radius 3 is 3.06 bits per heavy atom. The summed E-state index contributed by atoms with van der Waals surface area (Å²) in [6.07, 6.45) is 0. The number of amides is 1. The Hall–Kier alpha value is -1.73. The molecule has 0 unspecified atom stereocenters. The van der Waals surface area contributed by atoms with Crippen LogP contribution in [0.25, 0.3) is 0 Å². The number of nitrogens with one attached hydrogen (secondary N) is 1. The molecule has 2 aromatic heterocycles. The monoisotopic (exact) mass is 238 g/mol. The van der Waals surface area contributed by atoms with Gasteiger partial charge in [-0.2, -0.15) is 0 Å². The first kappa shape index (κ1) is 10.8. The summed E-state index contributed by atoms with van der Waals surface area (Å²) in [6.45, 7) is 2.11. The Morgan fingerprint density at radius 1 is 1.69 bits per heavy atom. The molecule has 2 rings (SSSR count). The van der Waals surface area contributed by atoms with Gasteiger partial charge in [0.1, 0.15) is 10.7 Å². The second-order valence-corrected chi connectivity index (χ2v) is 4.06. The first-order chi connectivity index (χ1) is 7.69. The number of carbonyl (C=O) groups excluding carboxylic acids is 1. The second-order valence-electron chi connectivity index (χ2n) is 3.12. The van der Waals surface area contributed by atoms with E-state index in [-0.39, 0.29) is 5.91 Å². The predicted octanol–water partition coefficient (Wildman–Crippen LogP) is 1.15. The van der Waals surface area contributed by atoms with Gasteiger partial charge < -0.3 is 10.3 Å². The zero-order valence-electron chi connectivity index (χ0n) is 8.56. The molecule has 0 bridgehead atoms. The zero-order chi connectivity index (χ0) is 11.5. The maximum absolute atomic E-state index is 11.7. The molecule has 0 spiro atoms. The molecule has 0 aliphatic rings. The van der Waals surface area contributed by atoms with Crippen molar-refractivity contribution in [3.8, 4) is 0 Å². The number of carbonyl (C=O) groups is 1. The van der Waals surface area contributed by atoms with Crippen molar-refractivity contribution < 1.29 is 9.32 Å². The van der Waals surface area contributed by atoms with E-state index in [9.17, 15) is 4.79 Å². The van der Waals surface area contributed by atoms with Crippen LogP contribution in [-0.2, 0) is 6.54 Å². The quantitative estimate of drug-likeness (QED) is 0.836. The lowest BCUT2D eigenvalue weighted by Gasteiger charge is -1.95. The van der Waals surface area contributed by atoms with Crippen molar-refractivity contribution in [2.75, 3.05) is 5.32 Å². The van der Waals surface area contributed by atoms with Gasteiger partial charge >= 0.3 is 0 Å². The highest BCUT2D eigenvalue weighted by Gasteiger charge is 2.12. The third-order valence-electron chi connectivity index (χ3n) is 1.82. The Balaban J connectivity index is 2.08. The van der Waals surface area contributed by atoms with E-state index in [0.29, 0.717) is 23.8 Å². The van der Waals surface area contributed by atoms with Crippen molar-refractivity contribution in [3.63, 3.8) is 0 Å². The number of aryl methyl sites for hydroxylation is 1. The zero-order valence-corrected chi connectivity index (χ0v) is 9.37. The van der Waals surface area contributed by atoms with Crippen molar-refractivity contribution in [2.24, 2.45) is 5.73 Å². The van der Waals surface area contributed by atoms with Gasteiger partial charge in [-0.25, -0.2) is 4.98 Å². The van der Waals surface area contributed by atoms with Crippen molar-refractivity contribution in [1.82, 2.24) is 10.1 Å². The van der Waals surface area contributed by atoms with Gasteiger partial charge in [-0.15, -0.1) is 11.3 Å². The van der Waals surface area contributed by atoms with Crippen LogP contribution in [0.15, 0.2) is 16.0 Å². The third-order valence-corrected chi connectivity index (χ3v) is 2.69. The molecular formula is C9H10N4O2S. The molecule has 6 nitrogen and oxygen atoms in total. The second kappa shape index (κ2) is 4.42. The molecule has 0 saturated carbocycles. The van der Waals surface area contributed by atoms with E-state index in [2.05, 4.69) is 15.5 Å². The Bertz CT molecular complexity index is 505. The first-order valence-electron chi connectivity index (χ1n) is 4.58. The summed E-state index contributed by atoms with van der Waals surface area (Å²) in [4.78, 5) is 15.7. The fourth-order valence-electron chi connectivity index (χ4n) is 1.11. The molecule has 0 aliphatic carbocycles. The highest BCUT2D eigenvalue weighted by molar-refractivity contribution is 7.09. The van der Waals surface area contributed by atoms with E-state index in [1.165, 1.54) is 11.3 Å². The van der Waals surface area contributed by atoms with Crippen molar-refractivity contribution in [3.05, 3.63) is 27.8 Å². The lowest BCUT2D eigenvalue weighted by Crippen LogP contribution is -2.12. The molecule has 0 fully saturated rings. The number of hydrogen-bond acceptors (Lipinski definition) is 6. The number of nitrogens with two attached hydrogens (primary N) is 1. The Kier molecular flexibility index (Phi) is 2.97. The minimum absolute atomic E-state index is 0.310. The van der Waals surface area contributed by atoms with E-state index < -0.39 is 0 Å². The summed E-state index contributed by atoms with van der Waals surface area (Å²) in [7, 11) is 0. The molecular weight excluding hydrogens is 228 g/mol. The maximum Gasteiger partial charge on any atom is 0.277 e. The molecule has 0 atom stereocenters. The van der Waals surface area contributed by atoms with Gasteiger partial charge in [0.2, 0.25) is 5.88 Å². The normalized spacial score (nSPS) is 10.4. The topological polar surface area (TPSA) is 94.0 Å². The van der Waals surface area contributed by atoms with Crippen molar-refractivity contribution in [1.29, 1.82) is 0 Å². The van der Waals surface area contributed by atoms with Gasteiger partial charge in [-0.3, -0.25) is 10.1 Å². The van der Waals surface area contributed by atoms with Crippen LogP contribution in [0, 0.1) is 6.92 Å². The molecule has 0 aliphatic heterocycles. The van der Waals surface area contributed by atoms with Crippen molar-refractivity contribution >= 4 is 23.1 Å². The van der Waals surface area contributed by atoms with Crippen LogP contribution in [0.5, 0.6) is 0 Å². The van der Waals surface area contributed by atoms with E-state index >= 15 is 0 Å². The van der Waals surface area contributed by atoms with E-state index in [1.807, 2.05) is 0 Å².